The molecule has 0 aliphatic heterocycles. The van der Waals surface area contributed by atoms with Gasteiger partial charge in [0, 0.05) is 11.4 Å². The Kier molecular flexibility index (Phi) is 4.85. The molecule has 0 saturated carbocycles. The van der Waals surface area contributed by atoms with Crippen LogP contribution in [0.5, 0.6) is 0 Å². The summed E-state index contributed by atoms with van der Waals surface area (Å²) in [6.07, 6.45) is 0. The predicted molar refractivity (Wildman–Crippen MR) is 83.2 cm³/mol. The minimum atomic E-state index is -0.594. The Hall–Kier alpha value is -2.73. The number of amides is 2. The first-order valence-corrected chi connectivity index (χ1v) is 6.67. The lowest BCUT2D eigenvalue weighted by Gasteiger charge is -2.11. The summed E-state index contributed by atoms with van der Waals surface area (Å²) in [4.78, 5) is 23.4. The summed E-state index contributed by atoms with van der Waals surface area (Å²) >= 11 is 0. The molecule has 0 atom stereocenters. The average Bonchev–Trinajstić information content (AvgIpc) is 2.50. The van der Waals surface area contributed by atoms with Crippen LogP contribution in [0.25, 0.3) is 0 Å². The molecule has 0 saturated heterocycles. The van der Waals surface area contributed by atoms with Gasteiger partial charge in [0.15, 0.2) is 0 Å². The molecular formula is C16H16FN3O2. The molecule has 0 radical (unpaired) electrons. The number of nitrogens with one attached hydrogen (secondary N) is 2. The Balaban J connectivity index is 2.20. The predicted octanol–water partition coefficient (Wildman–Crippen LogP) is 2.28. The lowest BCUT2D eigenvalue weighted by molar-refractivity contribution is -0.114. The maximum atomic E-state index is 13.6. The summed E-state index contributed by atoms with van der Waals surface area (Å²) in [7, 11) is 0. The maximum Gasteiger partial charge on any atom is 0.258 e. The number of carbonyl (C=O) groups excluding carboxylic acids is 2. The molecule has 0 bridgehead atoms. The van der Waals surface area contributed by atoms with E-state index in [1.54, 1.807) is 24.3 Å². The Morgan fingerprint density at radius 1 is 1.14 bits per heavy atom. The number of nitrogens with two attached hydrogens (primary N) is 1. The maximum absolute atomic E-state index is 13.6. The minimum absolute atomic E-state index is 0.0457. The van der Waals surface area contributed by atoms with Gasteiger partial charge in [0.25, 0.3) is 5.91 Å². The zero-order valence-corrected chi connectivity index (χ0v) is 12.0. The van der Waals surface area contributed by atoms with Crippen molar-refractivity contribution in [2.75, 3.05) is 17.2 Å². The Bertz CT molecular complexity index is 716. The molecule has 22 heavy (non-hydrogen) atoms. The highest BCUT2D eigenvalue weighted by molar-refractivity contribution is 6.05. The van der Waals surface area contributed by atoms with Gasteiger partial charge in [-0.15, -0.1) is 0 Å². The molecule has 0 heterocycles. The van der Waals surface area contributed by atoms with Crippen LogP contribution in [-0.2, 0) is 4.79 Å². The van der Waals surface area contributed by atoms with Crippen molar-refractivity contribution in [2.24, 2.45) is 5.73 Å². The van der Waals surface area contributed by atoms with Crippen LogP contribution >= 0.6 is 0 Å². The van der Waals surface area contributed by atoms with Crippen LogP contribution in [0.1, 0.15) is 15.9 Å². The summed E-state index contributed by atoms with van der Waals surface area (Å²) < 4.78 is 13.6. The van der Waals surface area contributed by atoms with Gasteiger partial charge in [-0.3, -0.25) is 9.59 Å². The van der Waals surface area contributed by atoms with Gasteiger partial charge in [-0.25, -0.2) is 4.39 Å². The minimum Gasteiger partial charge on any atom is -0.325 e. The lowest BCUT2D eigenvalue weighted by Crippen LogP contribution is -2.22. The van der Waals surface area contributed by atoms with Crippen molar-refractivity contribution in [1.29, 1.82) is 0 Å². The van der Waals surface area contributed by atoms with E-state index in [2.05, 4.69) is 10.6 Å². The van der Waals surface area contributed by atoms with Crippen LogP contribution in [0, 0.1) is 12.7 Å². The first-order valence-electron chi connectivity index (χ1n) is 6.67. The van der Waals surface area contributed by atoms with E-state index in [-0.39, 0.29) is 18.0 Å². The number of aryl methyl sites for hydroxylation is 1. The molecular weight excluding hydrogens is 285 g/mol. The van der Waals surface area contributed by atoms with Crippen molar-refractivity contribution in [1.82, 2.24) is 0 Å². The molecule has 2 aromatic carbocycles. The van der Waals surface area contributed by atoms with Crippen LogP contribution in [0.2, 0.25) is 0 Å². The van der Waals surface area contributed by atoms with Crippen molar-refractivity contribution in [3.05, 3.63) is 59.4 Å². The second kappa shape index (κ2) is 6.82. The molecule has 4 N–H and O–H groups in total. The molecule has 0 aliphatic rings. The first kappa shape index (κ1) is 15.7. The molecule has 6 heteroatoms. The van der Waals surface area contributed by atoms with Crippen LogP contribution in [0.3, 0.4) is 0 Å². The standard InChI is InChI=1S/C16H16FN3O2/c1-10-6-7-11(8-14(10)20-15(21)9-18)19-16(22)12-4-2-3-5-13(12)17/h2-8H,9,18H2,1H3,(H,19,22)(H,20,21). The van der Waals surface area contributed by atoms with Crippen molar-refractivity contribution in [3.8, 4) is 0 Å². The first-order chi connectivity index (χ1) is 10.5. The molecule has 0 aliphatic carbocycles. The zero-order chi connectivity index (χ0) is 16.1. The second-order valence-corrected chi connectivity index (χ2v) is 4.72. The van der Waals surface area contributed by atoms with Crippen molar-refractivity contribution in [2.45, 2.75) is 6.92 Å². The van der Waals surface area contributed by atoms with E-state index in [4.69, 9.17) is 5.73 Å². The Morgan fingerprint density at radius 3 is 2.55 bits per heavy atom. The fourth-order valence-electron chi connectivity index (χ4n) is 1.88. The zero-order valence-electron chi connectivity index (χ0n) is 12.0. The summed E-state index contributed by atoms with van der Waals surface area (Å²) in [6, 6.07) is 10.7. The fourth-order valence-corrected chi connectivity index (χ4v) is 1.88. The van der Waals surface area contributed by atoms with E-state index in [1.165, 1.54) is 18.2 Å². The lowest BCUT2D eigenvalue weighted by atomic mass is 10.1. The monoisotopic (exact) mass is 301 g/mol. The molecule has 5 nitrogen and oxygen atoms in total. The van der Waals surface area contributed by atoms with Gasteiger partial charge in [-0.05, 0) is 36.8 Å². The summed E-state index contributed by atoms with van der Waals surface area (Å²) in [5, 5.41) is 5.23. The molecule has 0 spiro atoms. The average molecular weight is 301 g/mol. The number of halogens is 1. The van der Waals surface area contributed by atoms with E-state index in [1.807, 2.05) is 6.92 Å². The SMILES string of the molecule is Cc1ccc(NC(=O)c2ccccc2F)cc1NC(=O)CN. The van der Waals surface area contributed by atoms with Crippen LogP contribution in [-0.4, -0.2) is 18.4 Å². The van der Waals surface area contributed by atoms with E-state index < -0.39 is 11.7 Å². The van der Waals surface area contributed by atoms with E-state index >= 15 is 0 Å². The van der Waals surface area contributed by atoms with E-state index in [0.29, 0.717) is 11.4 Å². The van der Waals surface area contributed by atoms with Crippen LogP contribution in [0.4, 0.5) is 15.8 Å². The number of rotatable bonds is 4. The van der Waals surface area contributed by atoms with Gasteiger partial charge in [0.1, 0.15) is 5.82 Å². The molecule has 114 valence electrons. The van der Waals surface area contributed by atoms with Gasteiger partial charge < -0.3 is 16.4 Å². The van der Waals surface area contributed by atoms with Crippen LogP contribution in [0.15, 0.2) is 42.5 Å². The summed E-state index contributed by atoms with van der Waals surface area (Å²) in [5.41, 5.74) is 7.03. The molecule has 0 fully saturated rings. The molecule has 2 rings (SSSR count). The van der Waals surface area contributed by atoms with Gasteiger partial charge >= 0.3 is 0 Å². The van der Waals surface area contributed by atoms with Crippen molar-refractivity contribution >= 4 is 23.2 Å². The fraction of sp³-hybridized carbons (Fsp3) is 0.125. The smallest absolute Gasteiger partial charge is 0.258 e. The van der Waals surface area contributed by atoms with E-state index in [9.17, 15) is 14.0 Å². The molecule has 2 amide bonds. The molecule has 0 aromatic heterocycles. The van der Waals surface area contributed by atoms with E-state index in [0.717, 1.165) is 5.56 Å². The number of hydrogen-bond donors (Lipinski definition) is 3. The highest BCUT2D eigenvalue weighted by Gasteiger charge is 2.12. The van der Waals surface area contributed by atoms with Crippen molar-refractivity contribution < 1.29 is 14.0 Å². The summed E-state index contributed by atoms with van der Waals surface area (Å²) in [5.74, 6) is -1.48. The second-order valence-electron chi connectivity index (χ2n) is 4.72. The number of anilines is 2. The van der Waals surface area contributed by atoms with Gasteiger partial charge in [0.05, 0.1) is 12.1 Å². The third-order valence-corrected chi connectivity index (χ3v) is 3.07. The van der Waals surface area contributed by atoms with Crippen LogP contribution < -0.4 is 16.4 Å². The normalized spacial score (nSPS) is 10.1. The third kappa shape index (κ3) is 3.67. The number of carbonyl (C=O) groups is 2. The van der Waals surface area contributed by atoms with Gasteiger partial charge in [-0.2, -0.15) is 0 Å². The topological polar surface area (TPSA) is 84.2 Å². The molecule has 0 unspecified atom stereocenters. The summed E-state index contributed by atoms with van der Waals surface area (Å²) in [6.45, 7) is 1.68. The van der Waals surface area contributed by atoms with Crippen molar-refractivity contribution in [3.63, 3.8) is 0 Å². The quantitative estimate of drug-likeness (QED) is 0.810. The largest absolute Gasteiger partial charge is 0.325 e. The molecule has 2 aromatic rings. The Morgan fingerprint density at radius 2 is 1.86 bits per heavy atom. The number of hydrogen-bond acceptors (Lipinski definition) is 3. The Labute approximate surface area is 127 Å². The van der Waals surface area contributed by atoms with Gasteiger partial charge in [-0.1, -0.05) is 18.2 Å². The highest BCUT2D eigenvalue weighted by atomic mass is 19.1. The third-order valence-electron chi connectivity index (χ3n) is 3.07. The number of benzene rings is 2. The van der Waals surface area contributed by atoms with Gasteiger partial charge in [0.2, 0.25) is 5.91 Å². The highest BCUT2D eigenvalue weighted by Crippen LogP contribution is 2.21.